The van der Waals surface area contributed by atoms with Crippen molar-refractivity contribution in [2.24, 2.45) is 12.8 Å². The summed E-state index contributed by atoms with van der Waals surface area (Å²) in [6.07, 6.45) is 0. The van der Waals surface area contributed by atoms with Gasteiger partial charge in [-0.25, -0.2) is 14.4 Å². The standard InChI is InChI=1S/C25H25FN6O3S/c1-24(27)12-35-22-16(24)8-20(30-21(22)14-4-6-15(26)7-5-14)25(2,34)11-28-23(33)19-9-17(31-32(19)3)18-10-36-13-29-18/h4-10,13,34H,11-12,27H2,1-3H3,(H,28,33). The molecule has 0 radical (unpaired) electrons. The van der Waals surface area contributed by atoms with Crippen molar-refractivity contribution in [3.63, 3.8) is 0 Å². The molecule has 9 nitrogen and oxygen atoms in total. The molecular weight excluding hydrogens is 483 g/mol. The van der Waals surface area contributed by atoms with Crippen molar-refractivity contribution < 1.29 is 19.0 Å². The van der Waals surface area contributed by atoms with Crippen LogP contribution in [0.5, 0.6) is 5.75 Å². The predicted octanol–water partition coefficient (Wildman–Crippen LogP) is 2.95. The van der Waals surface area contributed by atoms with E-state index in [9.17, 15) is 14.3 Å². The van der Waals surface area contributed by atoms with Gasteiger partial charge in [0, 0.05) is 23.6 Å². The number of hydrogen-bond acceptors (Lipinski definition) is 8. The fourth-order valence-corrected chi connectivity index (χ4v) is 4.61. The largest absolute Gasteiger partial charge is 0.489 e. The fraction of sp³-hybridized carbons (Fsp3) is 0.280. The lowest BCUT2D eigenvalue weighted by Crippen LogP contribution is -2.40. The zero-order valence-corrected chi connectivity index (χ0v) is 20.8. The minimum absolute atomic E-state index is 0.125. The molecule has 2 unspecified atom stereocenters. The van der Waals surface area contributed by atoms with E-state index >= 15 is 0 Å². The number of aromatic nitrogens is 4. The Labute approximate surface area is 210 Å². The van der Waals surface area contributed by atoms with Crippen LogP contribution >= 0.6 is 11.3 Å². The Bertz CT molecular complexity index is 1430. The lowest BCUT2D eigenvalue weighted by molar-refractivity contribution is 0.0486. The number of thiazole rings is 1. The van der Waals surface area contributed by atoms with E-state index in [0.29, 0.717) is 45.3 Å². The molecule has 11 heteroatoms. The third-order valence-corrected chi connectivity index (χ3v) is 6.76. The molecule has 186 valence electrons. The van der Waals surface area contributed by atoms with Gasteiger partial charge in [-0.1, -0.05) is 0 Å². The number of aryl methyl sites for hydroxylation is 1. The topological polar surface area (TPSA) is 128 Å². The monoisotopic (exact) mass is 508 g/mol. The summed E-state index contributed by atoms with van der Waals surface area (Å²) in [6, 6.07) is 9.20. The molecule has 0 fully saturated rings. The van der Waals surface area contributed by atoms with Crippen LogP contribution in [0, 0.1) is 5.82 Å². The summed E-state index contributed by atoms with van der Waals surface area (Å²) in [4.78, 5) is 21.8. The van der Waals surface area contributed by atoms with Crippen LogP contribution in [0.1, 0.15) is 35.6 Å². The minimum atomic E-state index is -1.55. The number of pyridine rings is 1. The highest BCUT2D eigenvalue weighted by molar-refractivity contribution is 7.07. The number of carbonyl (C=O) groups excluding carboxylic acids is 1. The molecule has 0 saturated carbocycles. The summed E-state index contributed by atoms with van der Waals surface area (Å²) in [6.45, 7) is 3.50. The van der Waals surface area contributed by atoms with Crippen LogP contribution in [0.4, 0.5) is 4.39 Å². The van der Waals surface area contributed by atoms with Crippen LogP contribution < -0.4 is 15.8 Å². The molecule has 1 aromatic carbocycles. The van der Waals surface area contributed by atoms with E-state index in [1.807, 2.05) is 12.3 Å². The second kappa shape index (κ2) is 8.77. The minimum Gasteiger partial charge on any atom is -0.489 e. The second-order valence-electron chi connectivity index (χ2n) is 9.31. The Hall–Kier alpha value is -3.67. The lowest BCUT2D eigenvalue weighted by atomic mass is 9.90. The molecule has 4 heterocycles. The van der Waals surface area contributed by atoms with Gasteiger partial charge in [-0.3, -0.25) is 9.48 Å². The summed E-state index contributed by atoms with van der Waals surface area (Å²) in [7, 11) is 1.67. The van der Waals surface area contributed by atoms with E-state index in [4.69, 9.17) is 10.5 Å². The number of benzene rings is 1. The molecular formula is C25H25FN6O3S. The molecule has 5 rings (SSSR count). The van der Waals surface area contributed by atoms with Gasteiger partial charge in [0.15, 0.2) is 5.75 Å². The number of nitrogens with one attached hydrogen (secondary N) is 1. The van der Waals surface area contributed by atoms with Gasteiger partial charge in [0.2, 0.25) is 0 Å². The average molecular weight is 509 g/mol. The highest BCUT2D eigenvalue weighted by Gasteiger charge is 2.38. The number of halogens is 1. The van der Waals surface area contributed by atoms with Crippen molar-refractivity contribution in [3.05, 3.63) is 70.1 Å². The summed E-state index contributed by atoms with van der Waals surface area (Å²) in [5, 5.41) is 20.3. The molecule has 36 heavy (non-hydrogen) atoms. The van der Waals surface area contributed by atoms with Crippen molar-refractivity contribution in [1.82, 2.24) is 25.1 Å². The molecule has 0 bridgehead atoms. The van der Waals surface area contributed by atoms with Gasteiger partial charge in [-0.15, -0.1) is 11.3 Å². The van der Waals surface area contributed by atoms with Gasteiger partial charge >= 0.3 is 0 Å². The molecule has 3 aromatic heterocycles. The Morgan fingerprint density at radius 3 is 2.78 bits per heavy atom. The first-order valence-corrected chi connectivity index (χ1v) is 12.2. The molecule has 0 aliphatic carbocycles. The zero-order chi connectivity index (χ0) is 25.7. The van der Waals surface area contributed by atoms with E-state index in [1.165, 1.54) is 28.2 Å². The van der Waals surface area contributed by atoms with E-state index in [2.05, 4.69) is 20.4 Å². The number of nitrogens with zero attached hydrogens (tertiary/aromatic N) is 4. The maximum absolute atomic E-state index is 13.5. The van der Waals surface area contributed by atoms with Gasteiger partial charge in [-0.2, -0.15) is 5.10 Å². The summed E-state index contributed by atoms with van der Waals surface area (Å²) in [5.74, 6) is -0.280. The van der Waals surface area contributed by atoms with Crippen LogP contribution in [0.25, 0.3) is 22.6 Å². The van der Waals surface area contributed by atoms with Crippen molar-refractivity contribution in [1.29, 1.82) is 0 Å². The highest BCUT2D eigenvalue weighted by Crippen LogP contribution is 2.43. The van der Waals surface area contributed by atoms with Crippen molar-refractivity contribution >= 4 is 17.2 Å². The average Bonchev–Trinajstić information content (AvgIpc) is 3.57. The second-order valence-corrected chi connectivity index (χ2v) is 10.0. The quantitative estimate of drug-likeness (QED) is 0.365. The first-order chi connectivity index (χ1) is 17.0. The van der Waals surface area contributed by atoms with Crippen LogP contribution in [0.3, 0.4) is 0 Å². The number of ether oxygens (including phenoxy) is 1. The number of carbonyl (C=O) groups is 1. The van der Waals surface area contributed by atoms with E-state index in [1.54, 1.807) is 43.7 Å². The third kappa shape index (κ3) is 4.36. The molecule has 1 aliphatic heterocycles. The number of rotatable bonds is 6. The predicted molar refractivity (Wildman–Crippen MR) is 133 cm³/mol. The van der Waals surface area contributed by atoms with Crippen molar-refractivity contribution in [3.8, 4) is 28.4 Å². The van der Waals surface area contributed by atoms with E-state index in [0.717, 1.165) is 0 Å². The van der Waals surface area contributed by atoms with Gasteiger partial charge < -0.3 is 20.9 Å². The summed E-state index contributed by atoms with van der Waals surface area (Å²) >= 11 is 1.44. The maximum atomic E-state index is 13.5. The highest BCUT2D eigenvalue weighted by atomic mass is 32.1. The van der Waals surface area contributed by atoms with Gasteiger partial charge in [0.1, 0.15) is 40.8 Å². The number of hydrogen-bond donors (Lipinski definition) is 3. The lowest BCUT2D eigenvalue weighted by Gasteiger charge is -2.26. The van der Waals surface area contributed by atoms with E-state index in [-0.39, 0.29) is 19.0 Å². The number of amides is 1. The van der Waals surface area contributed by atoms with Crippen molar-refractivity contribution in [2.45, 2.75) is 25.0 Å². The molecule has 0 saturated heterocycles. The summed E-state index contributed by atoms with van der Waals surface area (Å²) in [5.41, 5.74) is 9.44. The summed E-state index contributed by atoms with van der Waals surface area (Å²) < 4.78 is 20.9. The van der Waals surface area contributed by atoms with Crippen LogP contribution in [0.2, 0.25) is 0 Å². The van der Waals surface area contributed by atoms with E-state index < -0.39 is 17.0 Å². The molecule has 0 spiro atoms. The zero-order valence-electron chi connectivity index (χ0n) is 19.9. The normalized spacial score (nSPS) is 18.4. The molecule has 2 atom stereocenters. The van der Waals surface area contributed by atoms with Gasteiger partial charge in [0.05, 0.1) is 23.3 Å². The SMILES string of the molecule is Cn1nc(-c2cscn2)cc1C(=O)NCC(C)(O)c1cc2c(c(-c3ccc(F)cc3)n1)OCC2(C)N. The van der Waals surface area contributed by atoms with Crippen LogP contribution in [0.15, 0.2) is 47.3 Å². The molecule has 4 N–H and O–H groups in total. The number of fused-ring (bicyclic) bond motifs is 1. The third-order valence-electron chi connectivity index (χ3n) is 6.17. The van der Waals surface area contributed by atoms with Crippen molar-refractivity contribution in [2.75, 3.05) is 13.2 Å². The number of nitrogens with two attached hydrogens (primary N) is 1. The first-order valence-electron chi connectivity index (χ1n) is 11.2. The van der Waals surface area contributed by atoms with Gasteiger partial charge in [-0.05, 0) is 50.2 Å². The molecule has 1 amide bonds. The van der Waals surface area contributed by atoms with Gasteiger partial charge in [0.25, 0.3) is 5.91 Å². The fourth-order valence-electron chi connectivity index (χ4n) is 4.06. The molecule has 4 aromatic rings. The Morgan fingerprint density at radius 2 is 2.08 bits per heavy atom. The number of aliphatic hydroxyl groups is 1. The molecule has 1 aliphatic rings. The van der Waals surface area contributed by atoms with Crippen LogP contribution in [-0.2, 0) is 18.2 Å². The Balaban J connectivity index is 1.43. The smallest absolute Gasteiger partial charge is 0.269 e. The Morgan fingerprint density at radius 1 is 1.33 bits per heavy atom. The Kier molecular flexibility index (Phi) is 5.86. The first kappa shape index (κ1) is 24.0. The van der Waals surface area contributed by atoms with Crippen LogP contribution in [-0.4, -0.2) is 43.9 Å². The maximum Gasteiger partial charge on any atom is 0.269 e.